The summed E-state index contributed by atoms with van der Waals surface area (Å²) in [6, 6.07) is -0.0815. The number of likely N-dealkylation sites (tertiary alicyclic amines) is 1. The van der Waals surface area contributed by atoms with Crippen molar-refractivity contribution in [3.63, 3.8) is 0 Å². The summed E-state index contributed by atoms with van der Waals surface area (Å²) in [5, 5.41) is 11.6. The summed E-state index contributed by atoms with van der Waals surface area (Å²) in [7, 11) is 1.68. The van der Waals surface area contributed by atoms with E-state index < -0.39 is 5.97 Å². The number of amides is 2. The molecule has 0 aromatic rings. The number of carbonyl (C=O) groups is 2. The fourth-order valence-corrected chi connectivity index (χ4v) is 2.36. The molecule has 1 rings (SSSR count). The molecule has 6 nitrogen and oxygen atoms in total. The zero-order valence-electron chi connectivity index (χ0n) is 12.6. The number of urea groups is 1. The second kappa shape index (κ2) is 8.09. The van der Waals surface area contributed by atoms with Crippen molar-refractivity contribution in [2.45, 2.75) is 39.2 Å². The van der Waals surface area contributed by atoms with Gasteiger partial charge in [0, 0.05) is 26.7 Å². The van der Waals surface area contributed by atoms with Crippen LogP contribution in [0.2, 0.25) is 0 Å². The largest absolute Gasteiger partial charge is 0.481 e. The average Bonchev–Trinajstić information content (AvgIpc) is 2.43. The number of carboxylic acids is 1. The lowest BCUT2D eigenvalue weighted by atomic mass is 9.96. The van der Waals surface area contributed by atoms with Crippen LogP contribution in [-0.4, -0.2) is 54.9 Å². The van der Waals surface area contributed by atoms with Gasteiger partial charge in [0.15, 0.2) is 0 Å². The maximum absolute atomic E-state index is 12.0. The molecule has 2 N–H and O–H groups in total. The van der Waals surface area contributed by atoms with Crippen LogP contribution in [0.4, 0.5) is 4.79 Å². The number of ether oxygens (including phenoxy) is 1. The number of hydrogen-bond donors (Lipinski definition) is 2. The summed E-state index contributed by atoms with van der Waals surface area (Å²) in [6.45, 7) is 5.70. The zero-order chi connectivity index (χ0) is 15.1. The molecule has 0 aromatic heterocycles. The minimum absolute atomic E-state index is 0.0815. The molecule has 116 valence electrons. The van der Waals surface area contributed by atoms with Crippen molar-refractivity contribution in [1.82, 2.24) is 10.2 Å². The van der Waals surface area contributed by atoms with Gasteiger partial charge in [-0.2, -0.15) is 0 Å². The van der Waals surface area contributed by atoms with E-state index in [9.17, 15) is 9.59 Å². The van der Waals surface area contributed by atoms with Crippen LogP contribution in [0, 0.1) is 11.8 Å². The first-order chi connectivity index (χ1) is 9.45. The van der Waals surface area contributed by atoms with Gasteiger partial charge in [-0.1, -0.05) is 13.8 Å². The molecule has 1 heterocycles. The molecule has 0 radical (unpaired) electrons. The molecular weight excluding hydrogens is 260 g/mol. The van der Waals surface area contributed by atoms with E-state index in [1.807, 2.05) is 0 Å². The van der Waals surface area contributed by atoms with Gasteiger partial charge in [-0.05, 0) is 25.2 Å². The molecule has 0 saturated carbocycles. The van der Waals surface area contributed by atoms with Crippen molar-refractivity contribution in [1.29, 1.82) is 0 Å². The minimum Gasteiger partial charge on any atom is -0.481 e. The predicted octanol–water partition coefficient (Wildman–Crippen LogP) is 1.55. The first-order valence-electron chi connectivity index (χ1n) is 7.24. The molecule has 0 bridgehead atoms. The predicted molar refractivity (Wildman–Crippen MR) is 75.6 cm³/mol. The fourth-order valence-electron chi connectivity index (χ4n) is 2.36. The number of nitrogens with zero attached hydrogens (tertiary/aromatic N) is 1. The topological polar surface area (TPSA) is 78.9 Å². The lowest BCUT2D eigenvalue weighted by Gasteiger charge is -2.36. The monoisotopic (exact) mass is 286 g/mol. The van der Waals surface area contributed by atoms with Crippen LogP contribution in [0.25, 0.3) is 0 Å². The Morgan fingerprint density at radius 1 is 1.50 bits per heavy atom. The lowest BCUT2D eigenvalue weighted by molar-refractivity contribution is -0.141. The van der Waals surface area contributed by atoms with Crippen molar-refractivity contribution in [3.05, 3.63) is 0 Å². The highest BCUT2D eigenvalue weighted by molar-refractivity contribution is 5.74. The fraction of sp³-hybridized carbons (Fsp3) is 0.857. The molecular formula is C14H26N2O4. The number of aliphatic carboxylic acids is 1. The standard InChI is InChI=1S/C14H26N2O4/c1-10-6-8-16(9-12(10)20-3)14(19)15-7-4-5-11(2)13(17)18/h10-12H,4-9H2,1-3H3,(H,15,19)(H,17,18). The Morgan fingerprint density at radius 2 is 2.20 bits per heavy atom. The van der Waals surface area contributed by atoms with Gasteiger partial charge >= 0.3 is 12.0 Å². The third kappa shape index (κ3) is 5.00. The van der Waals surface area contributed by atoms with Crippen LogP contribution in [-0.2, 0) is 9.53 Å². The number of piperidine rings is 1. The smallest absolute Gasteiger partial charge is 0.317 e. The second-order valence-electron chi connectivity index (χ2n) is 5.60. The maximum Gasteiger partial charge on any atom is 0.317 e. The van der Waals surface area contributed by atoms with Gasteiger partial charge in [-0.25, -0.2) is 4.79 Å². The Labute approximate surface area is 120 Å². The number of rotatable bonds is 6. The van der Waals surface area contributed by atoms with Crippen LogP contribution < -0.4 is 5.32 Å². The Kier molecular flexibility index (Phi) is 6.78. The molecule has 1 aliphatic heterocycles. The van der Waals surface area contributed by atoms with Gasteiger partial charge in [0.1, 0.15) is 0 Å². The first kappa shape index (κ1) is 16.8. The van der Waals surface area contributed by atoms with Crippen LogP contribution in [0.5, 0.6) is 0 Å². The molecule has 6 heteroatoms. The summed E-state index contributed by atoms with van der Waals surface area (Å²) in [4.78, 5) is 24.4. The van der Waals surface area contributed by atoms with Crippen LogP contribution in [0.3, 0.4) is 0 Å². The third-order valence-corrected chi connectivity index (χ3v) is 3.99. The van der Waals surface area contributed by atoms with E-state index in [1.54, 1.807) is 18.9 Å². The van der Waals surface area contributed by atoms with E-state index in [4.69, 9.17) is 9.84 Å². The van der Waals surface area contributed by atoms with Crippen molar-refractivity contribution in [3.8, 4) is 0 Å². The molecule has 3 unspecified atom stereocenters. The summed E-state index contributed by atoms with van der Waals surface area (Å²) < 4.78 is 5.38. The van der Waals surface area contributed by atoms with Crippen LogP contribution in [0.1, 0.15) is 33.1 Å². The molecule has 1 saturated heterocycles. The van der Waals surface area contributed by atoms with Gasteiger partial charge in [-0.15, -0.1) is 0 Å². The average molecular weight is 286 g/mol. The Hall–Kier alpha value is -1.30. The quantitative estimate of drug-likeness (QED) is 0.726. The number of carbonyl (C=O) groups excluding carboxylic acids is 1. The highest BCUT2D eigenvalue weighted by Crippen LogP contribution is 2.19. The number of nitrogens with one attached hydrogen (secondary N) is 1. The highest BCUT2D eigenvalue weighted by Gasteiger charge is 2.28. The SMILES string of the molecule is COC1CN(C(=O)NCCCC(C)C(=O)O)CCC1C. The number of methoxy groups -OCH3 is 1. The Balaban J connectivity index is 2.24. The molecule has 1 aliphatic rings. The van der Waals surface area contributed by atoms with E-state index in [-0.39, 0.29) is 18.1 Å². The maximum atomic E-state index is 12.0. The van der Waals surface area contributed by atoms with Gasteiger partial charge in [0.05, 0.1) is 12.0 Å². The highest BCUT2D eigenvalue weighted by atomic mass is 16.5. The molecule has 20 heavy (non-hydrogen) atoms. The first-order valence-corrected chi connectivity index (χ1v) is 7.24. The second-order valence-corrected chi connectivity index (χ2v) is 5.60. The number of hydrogen-bond acceptors (Lipinski definition) is 3. The van der Waals surface area contributed by atoms with Crippen LogP contribution in [0.15, 0.2) is 0 Å². The van der Waals surface area contributed by atoms with E-state index in [0.29, 0.717) is 31.8 Å². The normalized spacial score (nSPS) is 24.2. The molecule has 1 fully saturated rings. The van der Waals surface area contributed by atoms with Gasteiger partial charge < -0.3 is 20.1 Å². The minimum atomic E-state index is -0.788. The van der Waals surface area contributed by atoms with Gasteiger partial charge in [0.25, 0.3) is 0 Å². The van der Waals surface area contributed by atoms with Crippen molar-refractivity contribution >= 4 is 12.0 Å². The zero-order valence-corrected chi connectivity index (χ0v) is 12.6. The number of carboxylic acid groups (broad SMARTS) is 1. The van der Waals surface area contributed by atoms with Gasteiger partial charge in [0.2, 0.25) is 0 Å². The third-order valence-electron chi connectivity index (χ3n) is 3.99. The van der Waals surface area contributed by atoms with Crippen molar-refractivity contribution in [2.75, 3.05) is 26.7 Å². The van der Waals surface area contributed by atoms with E-state index in [1.165, 1.54) is 0 Å². The van der Waals surface area contributed by atoms with E-state index in [0.717, 1.165) is 13.0 Å². The molecule has 3 atom stereocenters. The van der Waals surface area contributed by atoms with Gasteiger partial charge in [-0.3, -0.25) is 4.79 Å². The van der Waals surface area contributed by atoms with E-state index >= 15 is 0 Å². The Bertz CT molecular complexity index is 335. The molecule has 0 aliphatic carbocycles. The Morgan fingerprint density at radius 3 is 2.80 bits per heavy atom. The summed E-state index contributed by atoms with van der Waals surface area (Å²) in [5.41, 5.74) is 0. The summed E-state index contributed by atoms with van der Waals surface area (Å²) in [6.07, 6.45) is 2.30. The van der Waals surface area contributed by atoms with E-state index in [2.05, 4.69) is 12.2 Å². The molecule has 0 aromatic carbocycles. The summed E-state index contributed by atoms with van der Waals surface area (Å²) in [5.74, 6) is -0.676. The van der Waals surface area contributed by atoms with Crippen molar-refractivity contribution < 1.29 is 19.4 Å². The summed E-state index contributed by atoms with van der Waals surface area (Å²) >= 11 is 0. The van der Waals surface area contributed by atoms with Crippen LogP contribution >= 0.6 is 0 Å². The molecule has 2 amide bonds. The van der Waals surface area contributed by atoms with Crippen molar-refractivity contribution in [2.24, 2.45) is 11.8 Å². The lowest BCUT2D eigenvalue weighted by Crippen LogP contribution is -2.50. The molecule has 0 spiro atoms.